The molecule has 0 aliphatic carbocycles. The number of hydrogen-bond donors (Lipinski definition) is 1. The Balaban J connectivity index is 2.58. The van der Waals surface area contributed by atoms with Gasteiger partial charge in [0.2, 0.25) is 5.91 Å². The summed E-state index contributed by atoms with van der Waals surface area (Å²) in [4.78, 5) is 25.5. The van der Waals surface area contributed by atoms with Crippen molar-refractivity contribution in [1.82, 2.24) is 10.2 Å². The fourth-order valence-electron chi connectivity index (χ4n) is 2.13. The van der Waals surface area contributed by atoms with Crippen molar-refractivity contribution in [2.75, 3.05) is 20.2 Å². The molecule has 0 saturated heterocycles. The maximum absolute atomic E-state index is 12.1. The lowest BCUT2D eigenvalue weighted by molar-refractivity contribution is -0.130. The minimum absolute atomic E-state index is 0.0240. The van der Waals surface area contributed by atoms with Gasteiger partial charge in [-0.3, -0.25) is 9.59 Å². The van der Waals surface area contributed by atoms with E-state index in [1.54, 1.807) is 30.0 Å². The number of rotatable bonds is 7. The van der Waals surface area contributed by atoms with Gasteiger partial charge < -0.3 is 15.0 Å². The standard InChI is InChI=1S/C16H24N2O3/c1-5-12(2)18(13(3)19)11-10-17-16(20)14-8-6-7-9-15(14)21-4/h6-9,12H,5,10-11H2,1-4H3,(H,17,20). The van der Waals surface area contributed by atoms with Gasteiger partial charge in [-0.05, 0) is 25.5 Å². The Morgan fingerprint density at radius 2 is 2.00 bits per heavy atom. The number of nitrogens with one attached hydrogen (secondary N) is 1. The van der Waals surface area contributed by atoms with E-state index in [1.165, 1.54) is 7.11 Å². The molecule has 1 aromatic carbocycles. The molecule has 2 amide bonds. The van der Waals surface area contributed by atoms with Crippen molar-refractivity contribution in [2.24, 2.45) is 0 Å². The number of carbonyl (C=O) groups is 2. The SMILES string of the molecule is CCC(C)N(CCNC(=O)c1ccccc1OC)C(C)=O. The zero-order valence-electron chi connectivity index (χ0n) is 13.2. The van der Waals surface area contributed by atoms with Crippen LogP contribution in [-0.2, 0) is 4.79 Å². The first kappa shape index (κ1) is 17.0. The Hall–Kier alpha value is -2.04. The summed E-state index contributed by atoms with van der Waals surface area (Å²) < 4.78 is 5.16. The molecular formula is C16H24N2O3. The van der Waals surface area contributed by atoms with Crippen LogP contribution in [0.1, 0.15) is 37.6 Å². The summed E-state index contributed by atoms with van der Waals surface area (Å²) in [6, 6.07) is 7.24. The van der Waals surface area contributed by atoms with Crippen LogP contribution in [0.3, 0.4) is 0 Å². The maximum atomic E-state index is 12.1. The maximum Gasteiger partial charge on any atom is 0.255 e. The van der Waals surface area contributed by atoms with Crippen LogP contribution in [0.5, 0.6) is 5.75 Å². The van der Waals surface area contributed by atoms with E-state index in [0.29, 0.717) is 24.4 Å². The summed E-state index contributed by atoms with van der Waals surface area (Å²) in [5.41, 5.74) is 0.498. The molecule has 0 spiro atoms. The Morgan fingerprint density at radius 1 is 1.33 bits per heavy atom. The van der Waals surface area contributed by atoms with Crippen LogP contribution in [0.2, 0.25) is 0 Å². The molecule has 0 saturated carbocycles. The monoisotopic (exact) mass is 292 g/mol. The fraction of sp³-hybridized carbons (Fsp3) is 0.500. The number of amides is 2. The summed E-state index contributed by atoms with van der Waals surface area (Å²) in [6.45, 7) is 6.51. The molecule has 0 aromatic heterocycles. The minimum atomic E-state index is -0.194. The van der Waals surface area contributed by atoms with Gasteiger partial charge in [0.1, 0.15) is 5.75 Å². The van der Waals surface area contributed by atoms with E-state index in [0.717, 1.165) is 6.42 Å². The zero-order chi connectivity index (χ0) is 15.8. The average molecular weight is 292 g/mol. The van der Waals surface area contributed by atoms with E-state index in [4.69, 9.17) is 4.74 Å². The van der Waals surface area contributed by atoms with Gasteiger partial charge in [0.15, 0.2) is 0 Å². The molecule has 1 aromatic rings. The van der Waals surface area contributed by atoms with Gasteiger partial charge >= 0.3 is 0 Å². The lowest BCUT2D eigenvalue weighted by atomic mass is 10.2. The third-order valence-electron chi connectivity index (χ3n) is 3.52. The van der Waals surface area contributed by atoms with Crippen molar-refractivity contribution in [1.29, 1.82) is 0 Å². The first-order valence-corrected chi connectivity index (χ1v) is 7.19. The highest BCUT2D eigenvalue weighted by molar-refractivity contribution is 5.96. The minimum Gasteiger partial charge on any atom is -0.496 e. The van der Waals surface area contributed by atoms with E-state index in [-0.39, 0.29) is 17.9 Å². The number of methoxy groups -OCH3 is 1. The van der Waals surface area contributed by atoms with Crippen LogP contribution in [0.4, 0.5) is 0 Å². The summed E-state index contributed by atoms with van der Waals surface area (Å²) >= 11 is 0. The number of para-hydroxylation sites is 1. The van der Waals surface area contributed by atoms with E-state index >= 15 is 0 Å². The van der Waals surface area contributed by atoms with Gasteiger partial charge in [-0.1, -0.05) is 19.1 Å². The highest BCUT2D eigenvalue weighted by Crippen LogP contribution is 2.16. The van der Waals surface area contributed by atoms with Crippen molar-refractivity contribution in [3.63, 3.8) is 0 Å². The molecule has 0 heterocycles. The summed E-state index contributed by atoms with van der Waals surface area (Å²) in [7, 11) is 1.53. The van der Waals surface area contributed by atoms with E-state index in [9.17, 15) is 9.59 Å². The second-order valence-corrected chi connectivity index (χ2v) is 4.93. The molecule has 0 aliphatic heterocycles. The number of carbonyl (C=O) groups excluding carboxylic acids is 2. The smallest absolute Gasteiger partial charge is 0.255 e. The first-order valence-electron chi connectivity index (χ1n) is 7.19. The molecule has 1 unspecified atom stereocenters. The first-order chi connectivity index (χ1) is 10.0. The van der Waals surface area contributed by atoms with Gasteiger partial charge in [0.25, 0.3) is 5.91 Å². The fourth-order valence-corrected chi connectivity index (χ4v) is 2.13. The van der Waals surface area contributed by atoms with Gasteiger partial charge in [-0.2, -0.15) is 0 Å². The molecule has 0 bridgehead atoms. The molecule has 116 valence electrons. The van der Waals surface area contributed by atoms with Crippen LogP contribution in [-0.4, -0.2) is 43.0 Å². The van der Waals surface area contributed by atoms with Gasteiger partial charge in [0.05, 0.1) is 12.7 Å². The average Bonchev–Trinajstić information content (AvgIpc) is 2.50. The predicted molar refractivity (Wildman–Crippen MR) is 82.5 cm³/mol. The second kappa shape index (κ2) is 8.29. The number of benzene rings is 1. The Morgan fingerprint density at radius 3 is 2.57 bits per heavy atom. The van der Waals surface area contributed by atoms with Gasteiger partial charge in [-0.25, -0.2) is 0 Å². The highest BCUT2D eigenvalue weighted by atomic mass is 16.5. The number of nitrogens with zero attached hydrogens (tertiary/aromatic N) is 1. The van der Waals surface area contributed by atoms with Gasteiger partial charge in [0, 0.05) is 26.1 Å². The highest BCUT2D eigenvalue weighted by Gasteiger charge is 2.16. The van der Waals surface area contributed by atoms with Crippen LogP contribution < -0.4 is 10.1 Å². The Labute approximate surface area is 126 Å². The van der Waals surface area contributed by atoms with Crippen molar-refractivity contribution in [3.05, 3.63) is 29.8 Å². The molecule has 0 fully saturated rings. The molecule has 21 heavy (non-hydrogen) atoms. The van der Waals surface area contributed by atoms with Crippen LogP contribution in [0.15, 0.2) is 24.3 Å². The van der Waals surface area contributed by atoms with Crippen molar-refractivity contribution in [3.8, 4) is 5.75 Å². The zero-order valence-corrected chi connectivity index (χ0v) is 13.2. The largest absolute Gasteiger partial charge is 0.496 e. The van der Waals surface area contributed by atoms with Crippen LogP contribution >= 0.6 is 0 Å². The van der Waals surface area contributed by atoms with Crippen molar-refractivity contribution in [2.45, 2.75) is 33.2 Å². The normalized spacial score (nSPS) is 11.6. The molecule has 1 atom stereocenters. The summed E-state index contributed by atoms with van der Waals surface area (Å²) in [5.74, 6) is 0.372. The number of ether oxygens (including phenoxy) is 1. The molecule has 1 N–H and O–H groups in total. The molecule has 0 radical (unpaired) electrons. The summed E-state index contributed by atoms with van der Waals surface area (Å²) in [6.07, 6.45) is 0.889. The third-order valence-corrected chi connectivity index (χ3v) is 3.52. The van der Waals surface area contributed by atoms with Crippen molar-refractivity contribution >= 4 is 11.8 Å². The quantitative estimate of drug-likeness (QED) is 0.837. The van der Waals surface area contributed by atoms with Crippen LogP contribution in [0.25, 0.3) is 0 Å². The van der Waals surface area contributed by atoms with Crippen LogP contribution in [0, 0.1) is 0 Å². The van der Waals surface area contributed by atoms with E-state index in [2.05, 4.69) is 5.32 Å². The second-order valence-electron chi connectivity index (χ2n) is 4.93. The molecule has 5 heteroatoms. The lowest BCUT2D eigenvalue weighted by Gasteiger charge is -2.27. The lowest BCUT2D eigenvalue weighted by Crippen LogP contribution is -2.42. The van der Waals surface area contributed by atoms with E-state index in [1.807, 2.05) is 19.9 Å². The van der Waals surface area contributed by atoms with E-state index < -0.39 is 0 Å². The molecule has 0 aliphatic rings. The van der Waals surface area contributed by atoms with Gasteiger partial charge in [-0.15, -0.1) is 0 Å². The third kappa shape index (κ3) is 4.77. The number of hydrogen-bond acceptors (Lipinski definition) is 3. The molecule has 5 nitrogen and oxygen atoms in total. The summed E-state index contributed by atoms with van der Waals surface area (Å²) in [5, 5.41) is 2.83. The predicted octanol–water partition coefficient (Wildman–Crippen LogP) is 2.07. The molecular weight excluding hydrogens is 268 g/mol. The topological polar surface area (TPSA) is 58.6 Å². The van der Waals surface area contributed by atoms with Crippen molar-refractivity contribution < 1.29 is 14.3 Å². The molecule has 1 rings (SSSR count). The Kier molecular flexibility index (Phi) is 6.72. The Bertz CT molecular complexity index is 488.